The minimum Gasteiger partial charge on any atom is -0.388 e. The van der Waals surface area contributed by atoms with Crippen molar-refractivity contribution in [1.29, 1.82) is 0 Å². The lowest BCUT2D eigenvalue weighted by molar-refractivity contribution is 0.0337. The average Bonchev–Trinajstić information content (AvgIpc) is 2.56. The van der Waals surface area contributed by atoms with E-state index in [4.69, 9.17) is 4.74 Å². The van der Waals surface area contributed by atoms with Gasteiger partial charge in [-0.2, -0.15) is 0 Å². The molecule has 0 bridgehead atoms. The zero-order valence-electron chi connectivity index (χ0n) is 9.83. The molecule has 3 unspecified atom stereocenters. The fraction of sp³-hybridized carbons (Fsp3) is 0.636. The molecule has 94 valence electrons. The van der Waals surface area contributed by atoms with Crippen molar-refractivity contribution in [2.24, 2.45) is 0 Å². The predicted molar refractivity (Wildman–Crippen MR) is 64.0 cm³/mol. The molecule has 1 aliphatic heterocycles. The van der Waals surface area contributed by atoms with Gasteiger partial charge in [-0.25, -0.2) is 9.97 Å². The highest BCUT2D eigenvalue weighted by Crippen LogP contribution is 2.22. The van der Waals surface area contributed by atoms with Gasteiger partial charge in [-0.15, -0.1) is 0 Å². The number of rotatable bonds is 3. The van der Waals surface area contributed by atoms with Crippen molar-refractivity contribution in [3.05, 3.63) is 17.5 Å². The van der Waals surface area contributed by atoms with Gasteiger partial charge in [0.1, 0.15) is 12.2 Å². The van der Waals surface area contributed by atoms with E-state index in [1.807, 2.05) is 19.9 Å². The molecular formula is C11H16N2O3S. The summed E-state index contributed by atoms with van der Waals surface area (Å²) in [5, 5.41) is 19.6. The summed E-state index contributed by atoms with van der Waals surface area (Å²) < 4.78 is 5.28. The summed E-state index contributed by atoms with van der Waals surface area (Å²) in [6, 6.07) is 1.91. The van der Waals surface area contributed by atoms with Crippen molar-refractivity contribution < 1.29 is 14.9 Å². The highest BCUT2D eigenvalue weighted by molar-refractivity contribution is 7.99. The Balaban J connectivity index is 1.94. The van der Waals surface area contributed by atoms with Gasteiger partial charge in [-0.1, -0.05) is 11.8 Å². The van der Waals surface area contributed by atoms with E-state index in [1.54, 1.807) is 0 Å². The van der Waals surface area contributed by atoms with Crippen molar-refractivity contribution in [3.63, 3.8) is 0 Å². The number of hydrogen-bond donors (Lipinski definition) is 2. The molecule has 2 N–H and O–H groups in total. The Kier molecular flexibility index (Phi) is 3.98. The summed E-state index contributed by atoms with van der Waals surface area (Å²) >= 11 is 1.43. The summed E-state index contributed by atoms with van der Waals surface area (Å²) in [6.07, 6.45) is -1.94. The van der Waals surface area contributed by atoms with E-state index in [0.29, 0.717) is 10.9 Å². The van der Waals surface area contributed by atoms with Gasteiger partial charge in [-0.05, 0) is 19.9 Å². The van der Waals surface area contributed by atoms with E-state index in [0.717, 1.165) is 11.4 Å². The van der Waals surface area contributed by atoms with Crippen molar-refractivity contribution in [2.75, 3.05) is 12.4 Å². The zero-order valence-corrected chi connectivity index (χ0v) is 10.6. The maximum Gasteiger partial charge on any atom is 0.188 e. The molecule has 2 rings (SSSR count). The van der Waals surface area contributed by atoms with Crippen LogP contribution in [0.2, 0.25) is 0 Å². The molecule has 6 heteroatoms. The second kappa shape index (κ2) is 5.30. The van der Waals surface area contributed by atoms with Gasteiger partial charge < -0.3 is 14.9 Å². The second-order valence-electron chi connectivity index (χ2n) is 4.17. The quantitative estimate of drug-likeness (QED) is 0.598. The number of nitrogens with zero attached hydrogens (tertiary/aromatic N) is 2. The lowest BCUT2D eigenvalue weighted by atomic mass is 10.2. The Hall–Kier alpha value is -0.690. The van der Waals surface area contributed by atoms with Crippen LogP contribution in [0.5, 0.6) is 0 Å². The third-order valence-electron chi connectivity index (χ3n) is 2.59. The molecule has 2 heterocycles. The number of thioether (sulfide) groups is 1. The van der Waals surface area contributed by atoms with E-state index in [9.17, 15) is 10.2 Å². The van der Waals surface area contributed by atoms with Crippen LogP contribution in [0.4, 0.5) is 0 Å². The molecule has 3 atom stereocenters. The zero-order chi connectivity index (χ0) is 12.4. The number of ether oxygens (including phenoxy) is 1. The molecule has 1 aromatic rings. The second-order valence-corrected chi connectivity index (χ2v) is 5.16. The monoisotopic (exact) mass is 256 g/mol. The molecule has 1 saturated heterocycles. The van der Waals surface area contributed by atoms with E-state index in [2.05, 4.69) is 9.97 Å². The smallest absolute Gasteiger partial charge is 0.188 e. The highest BCUT2D eigenvalue weighted by atomic mass is 32.2. The average molecular weight is 256 g/mol. The molecule has 5 nitrogen and oxygen atoms in total. The third kappa shape index (κ3) is 3.16. The first-order valence-corrected chi connectivity index (χ1v) is 6.47. The Morgan fingerprint density at radius 3 is 2.53 bits per heavy atom. The van der Waals surface area contributed by atoms with E-state index in [1.165, 1.54) is 11.8 Å². The summed E-state index contributed by atoms with van der Waals surface area (Å²) in [5.74, 6) is 0.543. The van der Waals surface area contributed by atoms with Gasteiger partial charge in [0.25, 0.3) is 0 Å². The number of hydrogen-bond acceptors (Lipinski definition) is 6. The van der Waals surface area contributed by atoms with Crippen LogP contribution in [0, 0.1) is 13.8 Å². The molecule has 0 radical (unpaired) electrons. The third-order valence-corrected chi connectivity index (χ3v) is 3.53. The largest absolute Gasteiger partial charge is 0.388 e. The Bertz CT molecular complexity index is 382. The highest BCUT2D eigenvalue weighted by Gasteiger charge is 2.34. The Morgan fingerprint density at radius 2 is 2.00 bits per heavy atom. The first kappa shape index (κ1) is 12.8. The van der Waals surface area contributed by atoms with E-state index >= 15 is 0 Å². The van der Waals surface area contributed by atoms with Crippen LogP contribution in [0.25, 0.3) is 0 Å². The van der Waals surface area contributed by atoms with Gasteiger partial charge in [0, 0.05) is 17.1 Å². The summed E-state index contributed by atoms with van der Waals surface area (Å²) in [6.45, 7) is 4.03. The number of aliphatic hydroxyl groups is 2. The molecule has 0 amide bonds. The minimum absolute atomic E-state index is 0.195. The fourth-order valence-corrected chi connectivity index (χ4v) is 2.75. The maximum absolute atomic E-state index is 9.62. The lowest BCUT2D eigenvalue weighted by Gasteiger charge is -2.13. The molecule has 0 spiro atoms. The van der Waals surface area contributed by atoms with Crippen molar-refractivity contribution in [2.45, 2.75) is 37.3 Å². The first-order valence-electron chi connectivity index (χ1n) is 5.49. The topological polar surface area (TPSA) is 75.5 Å². The van der Waals surface area contributed by atoms with Crippen molar-refractivity contribution >= 4 is 11.8 Å². The molecule has 1 fully saturated rings. The molecule has 0 aliphatic carbocycles. The molecule has 1 aromatic heterocycles. The van der Waals surface area contributed by atoms with Gasteiger partial charge in [-0.3, -0.25) is 0 Å². The van der Waals surface area contributed by atoms with Crippen LogP contribution < -0.4 is 0 Å². The number of aromatic nitrogens is 2. The number of aryl methyl sites for hydroxylation is 2. The Labute approximate surface area is 104 Å². The van der Waals surface area contributed by atoms with Gasteiger partial charge in [0.15, 0.2) is 5.16 Å². The van der Waals surface area contributed by atoms with Crippen LogP contribution in [0.15, 0.2) is 11.2 Å². The summed E-state index contributed by atoms with van der Waals surface area (Å²) in [4.78, 5) is 8.58. The van der Waals surface area contributed by atoms with Crippen LogP contribution in [-0.2, 0) is 4.74 Å². The normalized spacial score (nSPS) is 28.6. The van der Waals surface area contributed by atoms with Crippen molar-refractivity contribution in [3.8, 4) is 0 Å². The standard InChI is InChI=1S/C11H16N2O3S/c1-6-3-7(2)13-11(12-6)17-5-9-10(15)8(14)4-16-9/h3,8-10,14-15H,4-5H2,1-2H3. The van der Waals surface area contributed by atoms with Crippen molar-refractivity contribution in [1.82, 2.24) is 9.97 Å². The SMILES string of the molecule is Cc1cc(C)nc(SCC2OCC(O)C2O)n1. The molecule has 0 aromatic carbocycles. The molecule has 1 aliphatic rings. The Morgan fingerprint density at radius 1 is 1.35 bits per heavy atom. The van der Waals surface area contributed by atoms with Gasteiger partial charge >= 0.3 is 0 Å². The van der Waals surface area contributed by atoms with Crippen LogP contribution in [-0.4, -0.2) is 50.9 Å². The fourth-order valence-electron chi connectivity index (χ4n) is 1.73. The lowest BCUT2D eigenvalue weighted by Crippen LogP contribution is -2.31. The van der Waals surface area contributed by atoms with Crippen LogP contribution in [0.3, 0.4) is 0 Å². The summed E-state index contributed by atoms with van der Waals surface area (Å²) in [5.41, 5.74) is 1.85. The first-order chi connectivity index (χ1) is 8.06. The molecule has 17 heavy (non-hydrogen) atoms. The molecular weight excluding hydrogens is 240 g/mol. The summed E-state index contributed by atoms with van der Waals surface area (Å²) in [7, 11) is 0. The minimum atomic E-state index is -0.812. The number of aliphatic hydroxyl groups excluding tert-OH is 2. The van der Waals surface area contributed by atoms with Crippen LogP contribution >= 0.6 is 11.8 Å². The van der Waals surface area contributed by atoms with Gasteiger partial charge in [0.2, 0.25) is 0 Å². The molecule has 0 saturated carbocycles. The van der Waals surface area contributed by atoms with E-state index < -0.39 is 12.2 Å². The van der Waals surface area contributed by atoms with Crippen LogP contribution in [0.1, 0.15) is 11.4 Å². The van der Waals surface area contributed by atoms with Gasteiger partial charge in [0.05, 0.1) is 12.7 Å². The maximum atomic E-state index is 9.62. The predicted octanol–water partition coefficient (Wildman–Crippen LogP) is 0.306. The van der Waals surface area contributed by atoms with E-state index in [-0.39, 0.29) is 12.7 Å².